The SMILES string of the molecule is CN1CCC(=O)C(c2ccc(N)nc2)CN1. The monoisotopic (exact) mass is 220 g/mol. The number of carbonyl (C=O) groups is 1. The molecule has 2 rings (SSSR count). The fraction of sp³-hybridized carbons (Fsp3) is 0.455. The molecule has 1 unspecified atom stereocenters. The molecule has 0 radical (unpaired) electrons. The second-order valence-corrected chi connectivity index (χ2v) is 4.07. The van der Waals surface area contributed by atoms with Crippen LogP contribution < -0.4 is 11.2 Å². The van der Waals surface area contributed by atoms with Crippen LogP contribution in [0, 0.1) is 0 Å². The standard InChI is InChI=1S/C11H16N4O/c1-15-5-4-10(16)9(7-14-15)8-2-3-11(12)13-6-8/h2-3,6,9,14H,4-5,7H2,1H3,(H2,12,13). The van der Waals surface area contributed by atoms with E-state index in [9.17, 15) is 4.79 Å². The van der Waals surface area contributed by atoms with Crippen molar-refractivity contribution in [2.45, 2.75) is 12.3 Å². The molecule has 0 aromatic carbocycles. The van der Waals surface area contributed by atoms with Crippen LogP contribution in [0.25, 0.3) is 0 Å². The summed E-state index contributed by atoms with van der Waals surface area (Å²) in [5.74, 6) is 0.622. The molecule has 0 aliphatic carbocycles. The molecule has 1 aromatic heterocycles. The minimum atomic E-state index is -0.113. The van der Waals surface area contributed by atoms with Crippen molar-refractivity contribution in [2.75, 3.05) is 25.9 Å². The highest BCUT2D eigenvalue weighted by Gasteiger charge is 2.24. The number of pyridine rings is 1. The number of anilines is 1. The smallest absolute Gasteiger partial charge is 0.143 e. The molecule has 1 aliphatic rings. The van der Waals surface area contributed by atoms with Gasteiger partial charge in [0.1, 0.15) is 11.6 Å². The number of hydrazine groups is 1. The maximum atomic E-state index is 11.9. The molecule has 2 heterocycles. The second kappa shape index (κ2) is 4.59. The lowest BCUT2D eigenvalue weighted by atomic mass is 9.95. The van der Waals surface area contributed by atoms with Crippen LogP contribution in [0.1, 0.15) is 17.9 Å². The van der Waals surface area contributed by atoms with Gasteiger partial charge in [-0.25, -0.2) is 9.99 Å². The number of nitrogens with zero attached hydrogens (tertiary/aromatic N) is 2. The first kappa shape index (κ1) is 11.0. The molecule has 16 heavy (non-hydrogen) atoms. The van der Waals surface area contributed by atoms with Crippen LogP contribution in [0.15, 0.2) is 18.3 Å². The van der Waals surface area contributed by atoms with Crippen LogP contribution in [-0.2, 0) is 4.79 Å². The Morgan fingerprint density at radius 1 is 1.56 bits per heavy atom. The molecule has 1 aromatic rings. The number of nitrogens with two attached hydrogens (primary N) is 1. The lowest BCUT2D eigenvalue weighted by molar-refractivity contribution is -0.120. The van der Waals surface area contributed by atoms with E-state index in [1.165, 1.54) is 0 Å². The van der Waals surface area contributed by atoms with Gasteiger partial charge in [-0.2, -0.15) is 0 Å². The average Bonchev–Trinajstić information content (AvgIpc) is 2.44. The summed E-state index contributed by atoms with van der Waals surface area (Å²) in [6.45, 7) is 1.37. The van der Waals surface area contributed by atoms with E-state index in [0.717, 1.165) is 12.1 Å². The number of hydrogen-bond acceptors (Lipinski definition) is 5. The Morgan fingerprint density at radius 2 is 2.38 bits per heavy atom. The van der Waals surface area contributed by atoms with Crippen molar-refractivity contribution in [1.82, 2.24) is 15.4 Å². The predicted octanol–water partition coefficient (Wildman–Crippen LogP) is 0.157. The van der Waals surface area contributed by atoms with Gasteiger partial charge in [-0.15, -0.1) is 0 Å². The predicted molar refractivity (Wildman–Crippen MR) is 61.6 cm³/mol. The summed E-state index contributed by atoms with van der Waals surface area (Å²) in [6, 6.07) is 3.61. The van der Waals surface area contributed by atoms with Gasteiger partial charge in [0.15, 0.2) is 0 Å². The van der Waals surface area contributed by atoms with Gasteiger partial charge in [0.2, 0.25) is 0 Å². The first-order chi connectivity index (χ1) is 7.66. The van der Waals surface area contributed by atoms with Crippen molar-refractivity contribution in [3.63, 3.8) is 0 Å². The molecule has 5 nitrogen and oxygen atoms in total. The number of nitrogen functional groups attached to an aromatic ring is 1. The lowest BCUT2D eigenvalue weighted by Crippen LogP contribution is -2.35. The number of ketones is 1. The molecule has 86 valence electrons. The summed E-state index contributed by atoms with van der Waals surface area (Å²) < 4.78 is 0. The number of rotatable bonds is 1. The topological polar surface area (TPSA) is 71.2 Å². The molecule has 1 fully saturated rings. The third-order valence-corrected chi connectivity index (χ3v) is 2.86. The van der Waals surface area contributed by atoms with Gasteiger partial charge in [0.05, 0.1) is 5.92 Å². The quantitative estimate of drug-likeness (QED) is 0.705. The van der Waals surface area contributed by atoms with Crippen LogP contribution in [0.5, 0.6) is 0 Å². The highest BCUT2D eigenvalue weighted by Crippen LogP contribution is 2.19. The summed E-state index contributed by atoms with van der Waals surface area (Å²) >= 11 is 0. The van der Waals surface area contributed by atoms with E-state index in [0.29, 0.717) is 18.8 Å². The molecule has 1 aliphatic heterocycles. The normalized spacial score (nSPS) is 23.1. The maximum absolute atomic E-state index is 11.9. The summed E-state index contributed by atoms with van der Waals surface area (Å²) in [4.78, 5) is 15.9. The van der Waals surface area contributed by atoms with Crippen LogP contribution in [0.2, 0.25) is 0 Å². The van der Waals surface area contributed by atoms with Crippen LogP contribution in [0.3, 0.4) is 0 Å². The van der Waals surface area contributed by atoms with E-state index < -0.39 is 0 Å². The molecular weight excluding hydrogens is 204 g/mol. The average molecular weight is 220 g/mol. The minimum Gasteiger partial charge on any atom is -0.384 e. The number of hydrogen-bond donors (Lipinski definition) is 2. The fourth-order valence-corrected chi connectivity index (χ4v) is 1.82. The Labute approximate surface area is 94.6 Å². The zero-order valence-corrected chi connectivity index (χ0v) is 9.31. The summed E-state index contributed by atoms with van der Waals surface area (Å²) in [5.41, 5.74) is 9.65. The zero-order chi connectivity index (χ0) is 11.5. The first-order valence-corrected chi connectivity index (χ1v) is 5.35. The van der Waals surface area contributed by atoms with E-state index >= 15 is 0 Å². The molecule has 1 atom stereocenters. The largest absolute Gasteiger partial charge is 0.384 e. The molecule has 0 spiro atoms. The highest BCUT2D eigenvalue weighted by molar-refractivity contribution is 5.86. The first-order valence-electron chi connectivity index (χ1n) is 5.35. The maximum Gasteiger partial charge on any atom is 0.143 e. The van der Waals surface area contributed by atoms with Crippen LogP contribution in [-0.4, -0.2) is 35.9 Å². The van der Waals surface area contributed by atoms with Gasteiger partial charge in [-0.05, 0) is 11.6 Å². The van der Waals surface area contributed by atoms with Gasteiger partial charge in [-0.1, -0.05) is 6.07 Å². The fourth-order valence-electron chi connectivity index (χ4n) is 1.82. The number of Topliss-reactive ketones (excluding diaryl/α,β-unsaturated/α-hetero) is 1. The van der Waals surface area contributed by atoms with Crippen LogP contribution in [0.4, 0.5) is 5.82 Å². The Hall–Kier alpha value is -1.46. The molecule has 5 heteroatoms. The van der Waals surface area contributed by atoms with Gasteiger partial charge in [0.25, 0.3) is 0 Å². The minimum absolute atomic E-state index is 0.113. The third-order valence-electron chi connectivity index (χ3n) is 2.86. The Balaban J connectivity index is 2.18. The summed E-state index contributed by atoms with van der Waals surface area (Å²) in [6.07, 6.45) is 2.25. The van der Waals surface area contributed by atoms with E-state index in [1.54, 1.807) is 12.3 Å². The Bertz CT molecular complexity index is 376. The zero-order valence-electron chi connectivity index (χ0n) is 9.31. The Kier molecular flexibility index (Phi) is 3.17. The second-order valence-electron chi connectivity index (χ2n) is 4.07. The highest BCUT2D eigenvalue weighted by atomic mass is 16.1. The molecule has 1 saturated heterocycles. The van der Waals surface area contributed by atoms with Crippen molar-refractivity contribution >= 4 is 11.6 Å². The number of nitrogens with one attached hydrogen (secondary N) is 1. The molecule has 0 saturated carbocycles. The Morgan fingerprint density at radius 3 is 3.06 bits per heavy atom. The molecule has 0 amide bonds. The van der Waals surface area contributed by atoms with E-state index in [1.807, 2.05) is 18.1 Å². The van der Waals surface area contributed by atoms with Crippen molar-refractivity contribution < 1.29 is 4.79 Å². The third kappa shape index (κ3) is 2.37. The van der Waals surface area contributed by atoms with Crippen molar-refractivity contribution in [1.29, 1.82) is 0 Å². The van der Waals surface area contributed by atoms with Gasteiger partial charge in [0, 0.05) is 32.8 Å². The number of carbonyl (C=O) groups excluding carboxylic acids is 1. The van der Waals surface area contributed by atoms with E-state index in [-0.39, 0.29) is 11.7 Å². The number of aromatic nitrogens is 1. The van der Waals surface area contributed by atoms with Crippen molar-refractivity contribution in [3.05, 3.63) is 23.9 Å². The van der Waals surface area contributed by atoms with Crippen molar-refractivity contribution in [2.24, 2.45) is 0 Å². The van der Waals surface area contributed by atoms with Crippen molar-refractivity contribution in [3.8, 4) is 0 Å². The van der Waals surface area contributed by atoms with Gasteiger partial charge >= 0.3 is 0 Å². The van der Waals surface area contributed by atoms with E-state index in [4.69, 9.17) is 5.73 Å². The van der Waals surface area contributed by atoms with Crippen LogP contribution >= 0.6 is 0 Å². The lowest BCUT2D eigenvalue weighted by Gasteiger charge is -2.15. The summed E-state index contributed by atoms with van der Waals surface area (Å²) in [7, 11) is 1.94. The van der Waals surface area contributed by atoms with E-state index in [2.05, 4.69) is 10.4 Å². The molecule has 3 N–H and O–H groups in total. The van der Waals surface area contributed by atoms with Gasteiger partial charge < -0.3 is 5.73 Å². The van der Waals surface area contributed by atoms with Gasteiger partial charge in [-0.3, -0.25) is 10.2 Å². The summed E-state index contributed by atoms with van der Waals surface area (Å²) in [5, 5.41) is 1.95. The molecule has 0 bridgehead atoms. The molecular formula is C11H16N4O.